The monoisotopic (exact) mass is 554 g/mol. The highest BCUT2D eigenvalue weighted by Gasteiger charge is 2.41. The number of benzene rings is 3. The van der Waals surface area contributed by atoms with Gasteiger partial charge in [0.05, 0.1) is 16.4 Å². The Bertz CT molecular complexity index is 1160. The molecule has 1 amide bonds. The van der Waals surface area contributed by atoms with Gasteiger partial charge < -0.3 is 9.84 Å². The number of hydrogen-bond donors (Lipinski definition) is 3. The summed E-state index contributed by atoms with van der Waals surface area (Å²) in [5, 5.41) is 18.5. The molecule has 7 nitrogen and oxygen atoms in total. The van der Waals surface area contributed by atoms with Crippen LogP contribution < -0.4 is 15.6 Å². The van der Waals surface area contributed by atoms with Gasteiger partial charge in [0.2, 0.25) is 0 Å². The second kappa shape index (κ2) is 10.0. The van der Waals surface area contributed by atoms with Crippen LogP contribution in [0.5, 0.6) is 11.5 Å². The van der Waals surface area contributed by atoms with Crippen LogP contribution in [0.25, 0.3) is 0 Å². The van der Waals surface area contributed by atoms with Crippen LogP contribution in [0.4, 0.5) is 0 Å². The van der Waals surface area contributed by atoms with Crippen LogP contribution in [0, 0.1) is 3.57 Å². The molecule has 168 valence electrons. The van der Waals surface area contributed by atoms with Crippen molar-refractivity contribution in [2.24, 2.45) is 10.2 Å². The van der Waals surface area contributed by atoms with Crippen molar-refractivity contribution >= 4 is 40.4 Å². The first-order valence-electron chi connectivity index (χ1n) is 10.5. The number of ether oxygens (including phenoxy) is 1. The first kappa shape index (κ1) is 22.8. The lowest BCUT2D eigenvalue weighted by molar-refractivity contribution is -0.114. The number of hydrazone groups is 2. The van der Waals surface area contributed by atoms with Crippen LogP contribution in [0.3, 0.4) is 0 Å². The first-order chi connectivity index (χ1) is 16.0. The van der Waals surface area contributed by atoms with Crippen LogP contribution in [0.15, 0.2) is 83.0 Å². The maximum absolute atomic E-state index is 12.8. The SMILES string of the molecule is CCOc1cc(/C=N/NC(=O)C2=NNC(c3ccccc3)(c3ccccc3)C2)cc(I)c1O. The standard InChI is InChI=1S/C25H23IN4O3/c1-2-33-22-14-17(13-20(26)23(22)31)16-27-29-24(32)21-15-25(30-28-21,18-9-5-3-6-10-18)19-11-7-4-8-12-19/h3-14,16,30-31H,2,15H2,1H3,(H,29,32)/b27-16+. The molecule has 0 unspecified atom stereocenters. The normalized spacial score (nSPS) is 14.5. The van der Waals surface area contributed by atoms with Crippen LogP contribution in [0.2, 0.25) is 0 Å². The number of hydrogen-bond acceptors (Lipinski definition) is 6. The van der Waals surface area contributed by atoms with Crippen LogP contribution in [-0.2, 0) is 10.3 Å². The molecular weight excluding hydrogens is 531 g/mol. The summed E-state index contributed by atoms with van der Waals surface area (Å²) >= 11 is 2.02. The molecule has 3 N–H and O–H groups in total. The van der Waals surface area contributed by atoms with E-state index in [1.165, 1.54) is 6.21 Å². The molecule has 0 fully saturated rings. The Labute approximate surface area is 205 Å². The van der Waals surface area contributed by atoms with E-state index < -0.39 is 5.54 Å². The highest BCUT2D eigenvalue weighted by Crippen LogP contribution is 2.36. The largest absolute Gasteiger partial charge is 0.504 e. The van der Waals surface area contributed by atoms with Crippen molar-refractivity contribution in [2.75, 3.05) is 6.61 Å². The van der Waals surface area contributed by atoms with Gasteiger partial charge in [-0.1, -0.05) is 60.7 Å². The summed E-state index contributed by atoms with van der Waals surface area (Å²) in [5.74, 6) is 0.0752. The molecule has 3 aromatic rings. The summed E-state index contributed by atoms with van der Waals surface area (Å²) in [7, 11) is 0. The lowest BCUT2D eigenvalue weighted by atomic mass is 9.80. The average Bonchev–Trinajstić information content (AvgIpc) is 3.30. The second-order valence-corrected chi connectivity index (χ2v) is 8.63. The lowest BCUT2D eigenvalue weighted by Gasteiger charge is -2.30. The fraction of sp³-hybridized carbons (Fsp3) is 0.160. The number of carbonyl (C=O) groups is 1. The Balaban J connectivity index is 1.50. The number of carbonyl (C=O) groups excluding carboxylic acids is 1. The minimum atomic E-state index is -0.627. The number of nitrogens with one attached hydrogen (secondary N) is 2. The molecule has 3 aromatic carbocycles. The van der Waals surface area contributed by atoms with Crippen LogP contribution >= 0.6 is 22.6 Å². The number of halogens is 1. The van der Waals surface area contributed by atoms with E-state index in [-0.39, 0.29) is 11.7 Å². The minimum absolute atomic E-state index is 0.0863. The molecular formula is C25H23IN4O3. The maximum atomic E-state index is 12.8. The Morgan fingerprint density at radius 1 is 1.18 bits per heavy atom. The molecule has 1 heterocycles. The zero-order valence-corrected chi connectivity index (χ0v) is 20.1. The number of phenolic OH excluding ortho intramolecular Hbond substituents is 1. The van der Waals surface area contributed by atoms with Crippen molar-refractivity contribution in [1.29, 1.82) is 0 Å². The van der Waals surface area contributed by atoms with Gasteiger partial charge in [-0.15, -0.1) is 0 Å². The van der Waals surface area contributed by atoms with E-state index in [1.54, 1.807) is 12.1 Å². The number of phenols is 1. The fourth-order valence-electron chi connectivity index (χ4n) is 3.73. The van der Waals surface area contributed by atoms with E-state index in [1.807, 2.05) is 90.2 Å². The third-order valence-corrected chi connectivity index (χ3v) is 6.16. The van der Waals surface area contributed by atoms with Gasteiger partial charge in [0, 0.05) is 6.42 Å². The Morgan fingerprint density at radius 3 is 2.42 bits per heavy atom. The number of rotatable bonds is 7. The summed E-state index contributed by atoms with van der Waals surface area (Å²) in [6.07, 6.45) is 1.89. The fourth-order valence-corrected chi connectivity index (χ4v) is 4.36. The predicted octanol–water partition coefficient (Wildman–Crippen LogP) is 4.14. The van der Waals surface area contributed by atoms with E-state index in [0.717, 1.165) is 11.1 Å². The number of aromatic hydroxyl groups is 1. The van der Waals surface area contributed by atoms with Crippen molar-refractivity contribution in [3.8, 4) is 11.5 Å². The van der Waals surface area contributed by atoms with Crippen molar-refractivity contribution in [3.05, 3.63) is 93.1 Å². The summed E-state index contributed by atoms with van der Waals surface area (Å²) in [6.45, 7) is 2.27. The second-order valence-electron chi connectivity index (χ2n) is 7.47. The lowest BCUT2D eigenvalue weighted by Crippen LogP contribution is -2.38. The molecule has 0 atom stereocenters. The summed E-state index contributed by atoms with van der Waals surface area (Å²) in [5.41, 5.74) is 8.22. The quantitative estimate of drug-likeness (QED) is 0.233. The molecule has 0 aliphatic carbocycles. The van der Waals surface area contributed by atoms with Gasteiger partial charge in [0.15, 0.2) is 11.5 Å². The van der Waals surface area contributed by atoms with Crippen LogP contribution in [-0.4, -0.2) is 29.5 Å². The molecule has 0 spiro atoms. The summed E-state index contributed by atoms with van der Waals surface area (Å²) in [4.78, 5) is 12.8. The van der Waals surface area contributed by atoms with E-state index in [9.17, 15) is 9.90 Å². The van der Waals surface area contributed by atoms with E-state index in [4.69, 9.17) is 4.74 Å². The summed E-state index contributed by atoms with van der Waals surface area (Å²) in [6, 6.07) is 23.3. The van der Waals surface area contributed by atoms with Crippen molar-refractivity contribution < 1.29 is 14.6 Å². The number of amides is 1. The molecule has 1 aliphatic heterocycles. The third-order valence-electron chi connectivity index (χ3n) is 5.34. The van der Waals surface area contributed by atoms with Gasteiger partial charge in [-0.05, 0) is 58.3 Å². The Hall–Kier alpha value is -3.40. The molecule has 0 bridgehead atoms. The molecule has 8 heteroatoms. The van der Waals surface area contributed by atoms with Crippen molar-refractivity contribution in [3.63, 3.8) is 0 Å². The van der Waals surface area contributed by atoms with Gasteiger partial charge in [0.1, 0.15) is 11.3 Å². The highest BCUT2D eigenvalue weighted by atomic mass is 127. The van der Waals surface area contributed by atoms with E-state index in [2.05, 4.69) is 21.1 Å². The Kier molecular flexibility index (Phi) is 6.93. The molecule has 0 radical (unpaired) electrons. The van der Waals surface area contributed by atoms with Gasteiger partial charge >= 0.3 is 0 Å². The predicted molar refractivity (Wildman–Crippen MR) is 137 cm³/mol. The van der Waals surface area contributed by atoms with Gasteiger partial charge in [-0.25, -0.2) is 5.43 Å². The Morgan fingerprint density at radius 2 is 1.82 bits per heavy atom. The zero-order chi connectivity index (χ0) is 23.3. The maximum Gasteiger partial charge on any atom is 0.287 e. The van der Waals surface area contributed by atoms with E-state index >= 15 is 0 Å². The summed E-state index contributed by atoms with van der Waals surface area (Å²) < 4.78 is 6.07. The topological polar surface area (TPSA) is 95.3 Å². The molecule has 0 saturated carbocycles. The van der Waals surface area contributed by atoms with Crippen LogP contribution in [0.1, 0.15) is 30.0 Å². The van der Waals surface area contributed by atoms with Gasteiger partial charge in [-0.3, -0.25) is 10.2 Å². The average molecular weight is 554 g/mol. The highest BCUT2D eigenvalue weighted by molar-refractivity contribution is 14.1. The number of nitrogens with zero attached hydrogens (tertiary/aromatic N) is 2. The zero-order valence-electron chi connectivity index (χ0n) is 18.0. The minimum Gasteiger partial charge on any atom is -0.504 e. The molecule has 1 aliphatic rings. The molecule has 33 heavy (non-hydrogen) atoms. The molecule has 0 aromatic heterocycles. The van der Waals surface area contributed by atoms with Crippen molar-refractivity contribution in [2.45, 2.75) is 18.9 Å². The van der Waals surface area contributed by atoms with E-state index in [0.29, 0.717) is 33.6 Å². The molecule has 4 rings (SSSR count). The van der Waals surface area contributed by atoms with Gasteiger partial charge in [0.25, 0.3) is 5.91 Å². The first-order valence-corrected chi connectivity index (χ1v) is 11.5. The van der Waals surface area contributed by atoms with Gasteiger partial charge in [-0.2, -0.15) is 10.2 Å². The third kappa shape index (κ3) is 4.85. The molecule has 0 saturated heterocycles. The smallest absolute Gasteiger partial charge is 0.287 e. The van der Waals surface area contributed by atoms with Crippen molar-refractivity contribution in [1.82, 2.24) is 10.9 Å².